The van der Waals surface area contributed by atoms with Crippen LogP contribution in [0.2, 0.25) is 0 Å². The predicted molar refractivity (Wildman–Crippen MR) is 157 cm³/mol. The number of β-amino-alcohol motifs (C(OH)–C–C–N with tert-alkyl or cyclic N) is 1. The number of carbonyl (C=O) groups is 4. The van der Waals surface area contributed by atoms with Gasteiger partial charge in [-0.1, -0.05) is 45.0 Å². The van der Waals surface area contributed by atoms with Gasteiger partial charge in [0.2, 0.25) is 17.7 Å². The number of methoxy groups -OCH3 is 1. The summed E-state index contributed by atoms with van der Waals surface area (Å²) in [5, 5.41) is 16.3. The Bertz CT molecular complexity index is 1220. The first-order valence-corrected chi connectivity index (χ1v) is 14.8. The first-order valence-electron chi connectivity index (χ1n) is 14.0. The van der Waals surface area contributed by atoms with Gasteiger partial charge in [0.1, 0.15) is 12.1 Å². The van der Waals surface area contributed by atoms with Crippen molar-refractivity contribution in [3.63, 3.8) is 0 Å². The van der Waals surface area contributed by atoms with Crippen molar-refractivity contribution in [3.05, 3.63) is 41.0 Å². The monoisotopic (exact) mass is 586 g/mol. The molecule has 2 heterocycles. The maximum absolute atomic E-state index is 13.7. The summed E-state index contributed by atoms with van der Waals surface area (Å²) in [6.45, 7) is 9.38. The lowest BCUT2D eigenvalue weighted by atomic mass is 9.85. The predicted octanol–water partition coefficient (Wildman–Crippen LogP) is 3.52. The van der Waals surface area contributed by atoms with Crippen LogP contribution in [0.3, 0.4) is 0 Å². The third-order valence-electron chi connectivity index (χ3n) is 7.32. The van der Waals surface area contributed by atoms with Gasteiger partial charge in [-0.05, 0) is 43.2 Å². The average molecular weight is 587 g/mol. The standard InChI is InChI=1S/C30H42N4O6S/c1-18(20-11-13-21(14-12-20)26-19(2)31-17-41-26)32-28(38)23-15-22(35)16-34(23)29(39)27(30(3,4)5)33-24(36)9-7-8-10-25(37)40-6/h11-14,17-18,22-23,27,35H,7-10,15-16H2,1-6H3,(H,32,38)(H,33,36)/t18-,22+,23-,27+/m0/s1. The van der Waals surface area contributed by atoms with E-state index < -0.39 is 29.5 Å². The fourth-order valence-corrected chi connectivity index (χ4v) is 5.72. The summed E-state index contributed by atoms with van der Waals surface area (Å²) in [5.41, 5.74) is 4.11. The van der Waals surface area contributed by atoms with Crippen LogP contribution < -0.4 is 10.6 Å². The number of benzene rings is 1. The molecule has 0 aliphatic carbocycles. The van der Waals surface area contributed by atoms with Crippen LogP contribution in [0.4, 0.5) is 0 Å². The molecule has 10 nitrogen and oxygen atoms in total. The Morgan fingerprint density at radius 3 is 2.37 bits per heavy atom. The van der Waals surface area contributed by atoms with E-state index in [2.05, 4.69) is 20.4 Å². The number of esters is 1. The summed E-state index contributed by atoms with van der Waals surface area (Å²) >= 11 is 1.58. The number of likely N-dealkylation sites (tertiary alicyclic amines) is 1. The highest BCUT2D eigenvalue weighted by Gasteiger charge is 2.44. The number of nitrogens with zero attached hydrogens (tertiary/aromatic N) is 2. The van der Waals surface area contributed by atoms with Gasteiger partial charge in [-0.25, -0.2) is 4.98 Å². The molecular weight excluding hydrogens is 544 g/mol. The van der Waals surface area contributed by atoms with Gasteiger partial charge < -0.3 is 25.4 Å². The third kappa shape index (κ3) is 8.59. The first-order chi connectivity index (χ1) is 19.3. The molecule has 224 valence electrons. The van der Waals surface area contributed by atoms with Crippen molar-refractivity contribution in [2.24, 2.45) is 5.41 Å². The van der Waals surface area contributed by atoms with Gasteiger partial charge in [-0.15, -0.1) is 11.3 Å². The number of hydrogen-bond acceptors (Lipinski definition) is 8. The van der Waals surface area contributed by atoms with Crippen LogP contribution in [0.15, 0.2) is 29.8 Å². The molecule has 3 rings (SSSR count). The number of ether oxygens (including phenoxy) is 1. The van der Waals surface area contributed by atoms with E-state index in [1.807, 2.05) is 64.4 Å². The Morgan fingerprint density at radius 2 is 1.78 bits per heavy atom. The summed E-state index contributed by atoms with van der Waals surface area (Å²) in [6.07, 6.45) is 0.626. The Hall–Kier alpha value is -3.31. The molecule has 11 heteroatoms. The minimum atomic E-state index is -0.892. The van der Waals surface area contributed by atoms with Crippen LogP contribution in [0.1, 0.15) is 77.1 Å². The molecule has 2 aromatic rings. The number of hydrogen-bond donors (Lipinski definition) is 3. The highest BCUT2D eigenvalue weighted by molar-refractivity contribution is 7.13. The average Bonchev–Trinajstić information content (AvgIpc) is 3.53. The lowest BCUT2D eigenvalue weighted by Gasteiger charge is -2.35. The van der Waals surface area contributed by atoms with Gasteiger partial charge in [0.05, 0.1) is 35.3 Å². The molecule has 41 heavy (non-hydrogen) atoms. The largest absolute Gasteiger partial charge is 0.469 e. The molecule has 0 unspecified atom stereocenters. The van der Waals surface area contributed by atoms with Crippen LogP contribution >= 0.6 is 11.3 Å². The van der Waals surface area contributed by atoms with Gasteiger partial charge in [-0.3, -0.25) is 19.2 Å². The lowest BCUT2D eigenvalue weighted by Crippen LogP contribution is -2.57. The Morgan fingerprint density at radius 1 is 1.12 bits per heavy atom. The molecular formula is C30H42N4O6S. The highest BCUT2D eigenvalue weighted by atomic mass is 32.1. The van der Waals surface area contributed by atoms with E-state index in [1.165, 1.54) is 12.0 Å². The third-order valence-corrected chi connectivity index (χ3v) is 8.30. The Labute approximate surface area is 245 Å². The smallest absolute Gasteiger partial charge is 0.305 e. The highest BCUT2D eigenvalue weighted by Crippen LogP contribution is 2.29. The number of aliphatic hydroxyl groups is 1. The van der Waals surface area contributed by atoms with Gasteiger partial charge in [0.15, 0.2) is 0 Å². The van der Waals surface area contributed by atoms with E-state index >= 15 is 0 Å². The Balaban J connectivity index is 1.65. The molecule has 0 radical (unpaired) electrons. The van der Waals surface area contributed by atoms with Gasteiger partial charge in [-0.2, -0.15) is 0 Å². The molecule has 0 spiro atoms. The SMILES string of the molecule is COC(=O)CCCCC(=O)N[C@H](C(=O)N1C[C@H](O)C[C@H]1C(=O)N[C@@H](C)c1ccc(-c2scnc2C)cc1)C(C)(C)C. The van der Waals surface area contributed by atoms with Crippen molar-refractivity contribution in [2.45, 2.75) is 91.0 Å². The molecule has 3 amide bonds. The van der Waals surface area contributed by atoms with E-state index in [0.717, 1.165) is 21.7 Å². The van der Waals surface area contributed by atoms with Crippen LogP contribution in [-0.2, 0) is 23.9 Å². The van der Waals surface area contributed by atoms with Crippen LogP contribution in [-0.4, -0.2) is 70.5 Å². The zero-order valence-corrected chi connectivity index (χ0v) is 25.5. The van der Waals surface area contributed by atoms with Gasteiger partial charge in [0, 0.05) is 25.8 Å². The molecule has 1 saturated heterocycles. The normalized spacial score (nSPS) is 18.5. The van der Waals surface area contributed by atoms with E-state index in [9.17, 15) is 24.3 Å². The lowest BCUT2D eigenvalue weighted by molar-refractivity contribution is -0.144. The first kappa shape index (κ1) is 32.2. The quantitative estimate of drug-likeness (QED) is 0.271. The molecule has 1 aliphatic rings. The molecule has 4 atom stereocenters. The maximum atomic E-state index is 13.7. The van der Waals surface area contributed by atoms with Crippen molar-refractivity contribution in [1.82, 2.24) is 20.5 Å². The summed E-state index contributed by atoms with van der Waals surface area (Å²) in [4.78, 5) is 57.9. The second kappa shape index (κ2) is 14.0. The van der Waals surface area contributed by atoms with Crippen LogP contribution in [0.25, 0.3) is 10.4 Å². The van der Waals surface area contributed by atoms with Crippen LogP contribution in [0.5, 0.6) is 0 Å². The van der Waals surface area contributed by atoms with Crippen LogP contribution in [0, 0.1) is 12.3 Å². The van der Waals surface area contributed by atoms with E-state index in [4.69, 9.17) is 0 Å². The molecule has 1 aromatic heterocycles. The van der Waals surface area contributed by atoms with Crippen molar-refractivity contribution in [3.8, 4) is 10.4 Å². The number of unbranched alkanes of at least 4 members (excludes halogenated alkanes) is 1. The fourth-order valence-electron chi connectivity index (χ4n) is 4.91. The number of aryl methyl sites for hydroxylation is 1. The van der Waals surface area contributed by atoms with Crippen molar-refractivity contribution in [2.75, 3.05) is 13.7 Å². The van der Waals surface area contributed by atoms with Crippen molar-refractivity contribution >= 4 is 35.0 Å². The van der Waals surface area contributed by atoms with Crippen molar-refractivity contribution in [1.29, 1.82) is 0 Å². The number of thiazole rings is 1. The molecule has 1 aliphatic heterocycles. The summed E-state index contributed by atoms with van der Waals surface area (Å²) in [5.74, 6) is -1.41. The number of aromatic nitrogens is 1. The molecule has 1 aromatic carbocycles. The summed E-state index contributed by atoms with van der Waals surface area (Å²) in [7, 11) is 1.32. The number of rotatable bonds is 11. The fraction of sp³-hybridized carbons (Fsp3) is 0.567. The molecule has 0 bridgehead atoms. The van der Waals surface area contributed by atoms with E-state index in [0.29, 0.717) is 12.8 Å². The number of aliphatic hydroxyl groups excluding tert-OH is 1. The van der Waals surface area contributed by atoms with E-state index in [-0.39, 0.29) is 49.6 Å². The minimum Gasteiger partial charge on any atom is -0.469 e. The minimum absolute atomic E-state index is 0.00970. The zero-order chi connectivity index (χ0) is 30.3. The number of amides is 3. The topological polar surface area (TPSA) is 138 Å². The summed E-state index contributed by atoms with van der Waals surface area (Å²) in [6, 6.07) is 5.85. The summed E-state index contributed by atoms with van der Waals surface area (Å²) < 4.78 is 4.62. The maximum Gasteiger partial charge on any atom is 0.305 e. The van der Waals surface area contributed by atoms with Crippen molar-refractivity contribution < 1.29 is 29.0 Å². The molecule has 3 N–H and O–H groups in total. The number of carbonyl (C=O) groups excluding carboxylic acids is 4. The van der Waals surface area contributed by atoms with Gasteiger partial charge in [0.25, 0.3) is 0 Å². The molecule has 0 saturated carbocycles. The second-order valence-electron chi connectivity index (χ2n) is 11.7. The van der Waals surface area contributed by atoms with Gasteiger partial charge >= 0.3 is 5.97 Å². The van der Waals surface area contributed by atoms with E-state index in [1.54, 1.807) is 11.3 Å². The number of nitrogens with one attached hydrogen (secondary N) is 2. The second-order valence-corrected chi connectivity index (χ2v) is 12.5. The molecule has 1 fully saturated rings. The zero-order valence-electron chi connectivity index (χ0n) is 24.7. The Kier molecular flexibility index (Phi) is 11.0.